The minimum absolute atomic E-state index is 0.128. The van der Waals surface area contributed by atoms with E-state index in [9.17, 15) is 4.79 Å². The zero-order chi connectivity index (χ0) is 8.27. The van der Waals surface area contributed by atoms with Gasteiger partial charge in [0.05, 0.1) is 7.11 Å². The fourth-order valence-electron chi connectivity index (χ4n) is 1.30. The van der Waals surface area contributed by atoms with Crippen molar-refractivity contribution < 1.29 is 9.53 Å². The van der Waals surface area contributed by atoms with Gasteiger partial charge in [-0.2, -0.15) is 0 Å². The third-order valence-electron chi connectivity index (χ3n) is 1.89. The number of methoxy groups -OCH3 is 1. The van der Waals surface area contributed by atoms with Crippen LogP contribution in [0.15, 0.2) is 0 Å². The zero-order valence-corrected chi connectivity index (χ0v) is 6.75. The van der Waals surface area contributed by atoms with Gasteiger partial charge in [-0.05, 0) is 12.8 Å². The van der Waals surface area contributed by atoms with E-state index in [0.717, 1.165) is 19.4 Å². The zero-order valence-electron chi connectivity index (χ0n) is 6.75. The highest BCUT2D eigenvalue weighted by Crippen LogP contribution is 2.08. The molecule has 0 spiro atoms. The molecule has 0 aromatic carbocycles. The van der Waals surface area contributed by atoms with Crippen molar-refractivity contribution in [2.45, 2.75) is 18.9 Å². The molecule has 0 radical (unpaired) electrons. The largest absolute Gasteiger partial charge is 0.453 e. The van der Waals surface area contributed by atoms with Crippen molar-refractivity contribution in [3.63, 3.8) is 0 Å². The first-order valence-corrected chi connectivity index (χ1v) is 3.82. The second kappa shape index (κ2) is 3.57. The first kappa shape index (κ1) is 8.33. The number of rotatable bonds is 0. The van der Waals surface area contributed by atoms with Crippen molar-refractivity contribution in [2.75, 3.05) is 20.2 Å². The SMILES string of the molecule is COC(=O)N1CCCC(N)C1. The number of likely N-dealkylation sites (tertiary alicyclic amines) is 1. The van der Waals surface area contributed by atoms with Gasteiger partial charge in [-0.1, -0.05) is 0 Å². The third-order valence-corrected chi connectivity index (χ3v) is 1.89. The molecular weight excluding hydrogens is 144 g/mol. The van der Waals surface area contributed by atoms with E-state index in [0.29, 0.717) is 6.54 Å². The molecule has 0 aliphatic carbocycles. The lowest BCUT2D eigenvalue weighted by atomic mass is 10.1. The molecule has 1 unspecified atom stereocenters. The molecule has 64 valence electrons. The van der Waals surface area contributed by atoms with E-state index in [1.165, 1.54) is 7.11 Å². The van der Waals surface area contributed by atoms with E-state index in [1.54, 1.807) is 4.90 Å². The second-order valence-corrected chi connectivity index (χ2v) is 2.82. The molecule has 0 saturated carbocycles. The van der Waals surface area contributed by atoms with Crippen LogP contribution < -0.4 is 5.73 Å². The predicted octanol–water partition coefficient (Wildman–Crippen LogP) is 0.176. The average Bonchev–Trinajstić information content (AvgIpc) is 2.03. The van der Waals surface area contributed by atoms with Gasteiger partial charge in [-0.25, -0.2) is 4.79 Å². The molecule has 1 aliphatic heterocycles. The number of amides is 1. The van der Waals surface area contributed by atoms with Crippen LogP contribution in [0.1, 0.15) is 12.8 Å². The van der Waals surface area contributed by atoms with Gasteiger partial charge in [0.1, 0.15) is 0 Å². The maximum absolute atomic E-state index is 11.0. The van der Waals surface area contributed by atoms with Crippen LogP contribution in [0.4, 0.5) is 4.79 Å². The number of carbonyl (C=O) groups is 1. The van der Waals surface area contributed by atoms with Crippen LogP contribution in [-0.4, -0.2) is 37.2 Å². The predicted molar refractivity (Wildman–Crippen MR) is 41.2 cm³/mol. The Hall–Kier alpha value is -0.770. The van der Waals surface area contributed by atoms with Crippen LogP contribution in [0.3, 0.4) is 0 Å². The van der Waals surface area contributed by atoms with Gasteiger partial charge < -0.3 is 15.4 Å². The number of piperidine rings is 1. The van der Waals surface area contributed by atoms with Gasteiger partial charge in [-0.3, -0.25) is 0 Å². The molecule has 1 rings (SSSR count). The fraction of sp³-hybridized carbons (Fsp3) is 0.857. The number of carbonyl (C=O) groups excluding carboxylic acids is 1. The standard InChI is InChI=1S/C7H14N2O2/c1-11-7(10)9-4-2-3-6(8)5-9/h6H,2-5,8H2,1H3. The van der Waals surface area contributed by atoms with E-state index >= 15 is 0 Å². The normalized spacial score (nSPS) is 24.9. The van der Waals surface area contributed by atoms with E-state index in [4.69, 9.17) is 5.73 Å². The number of hydrogen-bond acceptors (Lipinski definition) is 3. The van der Waals surface area contributed by atoms with Crippen LogP contribution in [0.2, 0.25) is 0 Å². The molecule has 1 heterocycles. The van der Waals surface area contributed by atoms with Gasteiger partial charge >= 0.3 is 6.09 Å². The average molecular weight is 158 g/mol. The van der Waals surface area contributed by atoms with Crippen molar-refractivity contribution >= 4 is 6.09 Å². The summed E-state index contributed by atoms with van der Waals surface area (Å²) in [6, 6.07) is 0.128. The molecule has 4 heteroatoms. The van der Waals surface area contributed by atoms with Crippen molar-refractivity contribution in [3.05, 3.63) is 0 Å². The van der Waals surface area contributed by atoms with Gasteiger partial charge in [0.25, 0.3) is 0 Å². The number of nitrogens with two attached hydrogens (primary N) is 1. The first-order chi connectivity index (χ1) is 5.24. The molecule has 2 N–H and O–H groups in total. The number of nitrogens with zero attached hydrogens (tertiary/aromatic N) is 1. The number of ether oxygens (including phenoxy) is 1. The molecule has 1 atom stereocenters. The Morgan fingerprint density at radius 2 is 2.45 bits per heavy atom. The van der Waals surface area contributed by atoms with E-state index in [1.807, 2.05) is 0 Å². The third kappa shape index (κ3) is 2.08. The first-order valence-electron chi connectivity index (χ1n) is 3.82. The highest BCUT2D eigenvalue weighted by Gasteiger charge is 2.20. The monoisotopic (exact) mass is 158 g/mol. The highest BCUT2D eigenvalue weighted by molar-refractivity contribution is 5.67. The summed E-state index contributed by atoms with van der Waals surface area (Å²) in [4.78, 5) is 12.6. The van der Waals surface area contributed by atoms with Crippen molar-refractivity contribution in [1.29, 1.82) is 0 Å². The van der Waals surface area contributed by atoms with Crippen molar-refractivity contribution in [3.8, 4) is 0 Å². The molecule has 1 fully saturated rings. The molecular formula is C7H14N2O2. The van der Waals surface area contributed by atoms with Crippen molar-refractivity contribution in [1.82, 2.24) is 4.90 Å². The van der Waals surface area contributed by atoms with Gasteiger partial charge in [0.2, 0.25) is 0 Å². The van der Waals surface area contributed by atoms with Crippen LogP contribution in [0, 0.1) is 0 Å². The molecule has 4 nitrogen and oxygen atoms in total. The molecule has 0 aromatic rings. The fourth-order valence-corrected chi connectivity index (χ4v) is 1.30. The van der Waals surface area contributed by atoms with E-state index < -0.39 is 0 Å². The lowest BCUT2D eigenvalue weighted by Gasteiger charge is -2.29. The Bertz CT molecular complexity index is 149. The Balaban J connectivity index is 2.39. The molecule has 1 saturated heterocycles. The van der Waals surface area contributed by atoms with Crippen LogP contribution >= 0.6 is 0 Å². The molecule has 1 amide bonds. The molecule has 0 bridgehead atoms. The van der Waals surface area contributed by atoms with Gasteiger partial charge in [0.15, 0.2) is 0 Å². The van der Waals surface area contributed by atoms with Crippen LogP contribution in [-0.2, 0) is 4.74 Å². The van der Waals surface area contributed by atoms with Crippen LogP contribution in [0.5, 0.6) is 0 Å². The quantitative estimate of drug-likeness (QED) is 0.547. The van der Waals surface area contributed by atoms with Crippen molar-refractivity contribution in [2.24, 2.45) is 5.73 Å². The minimum atomic E-state index is -0.264. The summed E-state index contributed by atoms with van der Waals surface area (Å²) in [6.07, 6.45) is 1.73. The highest BCUT2D eigenvalue weighted by atomic mass is 16.5. The van der Waals surface area contributed by atoms with Gasteiger partial charge in [-0.15, -0.1) is 0 Å². The van der Waals surface area contributed by atoms with E-state index in [2.05, 4.69) is 4.74 Å². The summed E-state index contributed by atoms with van der Waals surface area (Å²) in [5, 5.41) is 0. The second-order valence-electron chi connectivity index (χ2n) is 2.82. The van der Waals surface area contributed by atoms with Gasteiger partial charge in [0, 0.05) is 19.1 Å². The van der Waals surface area contributed by atoms with E-state index in [-0.39, 0.29) is 12.1 Å². The Labute approximate surface area is 66.3 Å². The maximum Gasteiger partial charge on any atom is 0.409 e. The summed E-state index contributed by atoms with van der Waals surface area (Å²) in [7, 11) is 1.39. The number of hydrogen-bond donors (Lipinski definition) is 1. The Kier molecular flexibility index (Phi) is 2.70. The topological polar surface area (TPSA) is 55.6 Å². The smallest absolute Gasteiger partial charge is 0.409 e. The summed E-state index contributed by atoms with van der Waals surface area (Å²) >= 11 is 0. The van der Waals surface area contributed by atoms with Crippen LogP contribution in [0.25, 0.3) is 0 Å². The summed E-state index contributed by atoms with van der Waals surface area (Å²) < 4.78 is 4.57. The molecule has 11 heavy (non-hydrogen) atoms. The maximum atomic E-state index is 11.0. The lowest BCUT2D eigenvalue weighted by Crippen LogP contribution is -2.45. The summed E-state index contributed by atoms with van der Waals surface area (Å²) in [5.74, 6) is 0. The Morgan fingerprint density at radius 1 is 1.73 bits per heavy atom. The molecule has 1 aliphatic rings. The lowest BCUT2D eigenvalue weighted by molar-refractivity contribution is 0.111. The molecule has 0 aromatic heterocycles. The summed E-state index contributed by atoms with van der Waals surface area (Å²) in [5.41, 5.74) is 5.67. The summed E-state index contributed by atoms with van der Waals surface area (Å²) in [6.45, 7) is 1.41. The Morgan fingerprint density at radius 3 is 3.00 bits per heavy atom. The minimum Gasteiger partial charge on any atom is -0.453 e.